The van der Waals surface area contributed by atoms with Crippen LogP contribution in [-0.4, -0.2) is 16.1 Å². The number of nitrogens with one attached hydrogen (secondary N) is 1. The van der Waals surface area contributed by atoms with E-state index in [2.05, 4.69) is 31.1 Å². The number of carboxylic acids is 1. The maximum atomic E-state index is 11.4. The van der Waals surface area contributed by atoms with Crippen LogP contribution in [0.15, 0.2) is 57.2 Å². The van der Waals surface area contributed by atoms with Crippen molar-refractivity contribution in [3.63, 3.8) is 0 Å². The van der Waals surface area contributed by atoms with Gasteiger partial charge in [-0.25, -0.2) is 4.79 Å². The molecule has 0 unspecified atom stereocenters. The molecule has 2 N–H and O–H groups in total. The first-order valence-electron chi connectivity index (χ1n) is 6.26. The Labute approximate surface area is 138 Å². The minimum atomic E-state index is -1.10. The molecule has 7 heteroatoms. The van der Waals surface area contributed by atoms with E-state index in [1.807, 2.05) is 12.1 Å². The second-order valence-corrected chi connectivity index (χ2v) is 5.87. The molecule has 5 nitrogen and oxygen atoms in total. The Morgan fingerprint density at radius 1 is 1.14 bits per heavy atom. The van der Waals surface area contributed by atoms with E-state index in [0.717, 1.165) is 4.47 Å². The minimum absolute atomic E-state index is 0.0156. The van der Waals surface area contributed by atoms with Crippen molar-refractivity contribution in [2.75, 3.05) is 0 Å². The van der Waals surface area contributed by atoms with E-state index in [1.54, 1.807) is 30.3 Å². The predicted octanol–water partition coefficient (Wildman–Crippen LogP) is 5.70. The number of benzene rings is 2. The van der Waals surface area contributed by atoms with E-state index in [9.17, 15) is 9.90 Å². The third-order valence-electron chi connectivity index (χ3n) is 3.04. The number of azo groups is 1. The molecular formula is C15H9BrClN3O2. The van der Waals surface area contributed by atoms with Crippen molar-refractivity contribution in [2.45, 2.75) is 0 Å². The summed E-state index contributed by atoms with van der Waals surface area (Å²) in [7, 11) is 0. The zero-order valence-corrected chi connectivity index (χ0v) is 13.4. The van der Waals surface area contributed by atoms with Crippen LogP contribution in [0.3, 0.4) is 0 Å². The highest BCUT2D eigenvalue weighted by molar-refractivity contribution is 9.10. The van der Waals surface area contributed by atoms with Gasteiger partial charge >= 0.3 is 5.97 Å². The molecule has 0 bridgehead atoms. The molecule has 3 rings (SSSR count). The smallest absolute Gasteiger partial charge is 0.354 e. The summed E-state index contributed by atoms with van der Waals surface area (Å²) in [6.45, 7) is 0. The summed E-state index contributed by atoms with van der Waals surface area (Å²) < 4.78 is 0.927. The van der Waals surface area contributed by atoms with Crippen LogP contribution < -0.4 is 0 Å². The van der Waals surface area contributed by atoms with Crippen LogP contribution in [0.5, 0.6) is 0 Å². The van der Waals surface area contributed by atoms with Crippen molar-refractivity contribution in [1.82, 2.24) is 4.98 Å². The van der Waals surface area contributed by atoms with Gasteiger partial charge in [-0.1, -0.05) is 27.5 Å². The Morgan fingerprint density at radius 3 is 2.55 bits per heavy atom. The monoisotopic (exact) mass is 377 g/mol. The maximum absolute atomic E-state index is 11.4. The van der Waals surface area contributed by atoms with Crippen molar-refractivity contribution in [2.24, 2.45) is 10.2 Å². The number of carbonyl (C=O) groups is 1. The Balaban J connectivity index is 2.11. The standard InChI is InChI=1S/C15H9BrClN3O2/c16-8-1-4-10(5-2-8)19-20-13-11-7-9(17)3-6-12(11)18-14(13)15(21)22/h1-7,18H,(H,21,22). The molecule has 3 aromatic rings. The number of aromatic carboxylic acids is 1. The number of aromatic amines is 1. The molecule has 0 spiro atoms. The molecule has 1 heterocycles. The Bertz CT molecular complexity index is 888. The SMILES string of the molecule is O=C(O)c1[nH]c2ccc(Cl)cc2c1N=Nc1ccc(Br)cc1. The van der Waals surface area contributed by atoms with E-state index >= 15 is 0 Å². The quantitative estimate of drug-likeness (QED) is 0.574. The third-order valence-corrected chi connectivity index (χ3v) is 3.80. The molecule has 2 aromatic carbocycles. The lowest BCUT2D eigenvalue weighted by molar-refractivity contribution is 0.0692. The van der Waals surface area contributed by atoms with Gasteiger partial charge in [0.15, 0.2) is 5.69 Å². The Morgan fingerprint density at radius 2 is 1.86 bits per heavy atom. The summed E-state index contributed by atoms with van der Waals surface area (Å²) in [5.41, 5.74) is 1.51. The van der Waals surface area contributed by atoms with Crippen molar-refractivity contribution >= 4 is 55.8 Å². The summed E-state index contributed by atoms with van der Waals surface area (Å²) >= 11 is 9.31. The van der Waals surface area contributed by atoms with Crippen LogP contribution >= 0.6 is 27.5 Å². The van der Waals surface area contributed by atoms with Gasteiger partial charge in [0.25, 0.3) is 0 Å². The Kier molecular flexibility index (Phi) is 3.96. The minimum Gasteiger partial charge on any atom is -0.477 e. The summed E-state index contributed by atoms with van der Waals surface area (Å²) in [4.78, 5) is 14.2. The van der Waals surface area contributed by atoms with E-state index in [0.29, 0.717) is 21.6 Å². The van der Waals surface area contributed by atoms with Crippen LogP contribution in [0.1, 0.15) is 10.5 Å². The van der Waals surface area contributed by atoms with Gasteiger partial charge < -0.3 is 10.1 Å². The first-order chi connectivity index (χ1) is 10.5. The summed E-state index contributed by atoms with van der Waals surface area (Å²) in [5, 5.41) is 18.6. The van der Waals surface area contributed by atoms with Crippen molar-refractivity contribution in [3.05, 3.63) is 57.7 Å². The third kappa shape index (κ3) is 2.88. The summed E-state index contributed by atoms with van der Waals surface area (Å²) in [6, 6.07) is 12.3. The van der Waals surface area contributed by atoms with Gasteiger partial charge in [-0.2, -0.15) is 5.11 Å². The molecule has 0 aliphatic carbocycles. The molecule has 0 saturated heterocycles. The number of hydrogen-bond acceptors (Lipinski definition) is 3. The second-order valence-electron chi connectivity index (χ2n) is 4.52. The number of halogens is 2. The average molecular weight is 379 g/mol. The number of fused-ring (bicyclic) bond motifs is 1. The molecule has 0 radical (unpaired) electrons. The highest BCUT2D eigenvalue weighted by Crippen LogP contribution is 2.33. The van der Waals surface area contributed by atoms with E-state index in [-0.39, 0.29) is 11.4 Å². The van der Waals surface area contributed by atoms with Crippen molar-refractivity contribution in [3.8, 4) is 0 Å². The fraction of sp³-hybridized carbons (Fsp3) is 0. The van der Waals surface area contributed by atoms with Crippen molar-refractivity contribution < 1.29 is 9.90 Å². The normalized spacial score (nSPS) is 11.4. The largest absolute Gasteiger partial charge is 0.477 e. The first-order valence-corrected chi connectivity index (χ1v) is 7.43. The molecule has 0 amide bonds. The number of H-pyrrole nitrogens is 1. The lowest BCUT2D eigenvalue weighted by Gasteiger charge is -1.95. The zero-order valence-electron chi connectivity index (χ0n) is 11.0. The molecule has 0 aliphatic rings. The predicted molar refractivity (Wildman–Crippen MR) is 88.6 cm³/mol. The fourth-order valence-electron chi connectivity index (χ4n) is 2.02. The van der Waals surface area contributed by atoms with E-state index in [1.165, 1.54) is 0 Å². The summed E-state index contributed by atoms with van der Waals surface area (Å²) in [6.07, 6.45) is 0. The molecule has 0 fully saturated rings. The maximum Gasteiger partial charge on any atom is 0.354 e. The van der Waals surface area contributed by atoms with Gasteiger partial charge in [0.2, 0.25) is 0 Å². The van der Waals surface area contributed by atoms with E-state index in [4.69, 9.17) is 11.6 Å². The lowest BCUT2D eigenvalue weighted by atomic mass is 10.2. The molecule has 0 saturated carbocycles. The molecular weight excluding hydrogens is 370 g/mol. The van der Waals surface area contributed by atoms with Gasteiger partial charge in [0.1, 0.15) is 5.69 Å². The molecule has 0 aliphatic heterocycles. The van der Waals surface area contributed by atoms with Crippen LogP contribution in [0.25, 0.3) is 10.9 Å². The van der Waals surface area contributed by atoms with E-state index < -0.39 is 5.97 Å². The van der Waals surface area contributed by atoms with Crippen LogP contribution in [0.2, 0.25) is 5.02 Å². The molecule has 1 aromatic heterocycles. The number of hydrogen-bond donors (Lipinski definition) is 2. The highest BCUT2D eigenvalue weighted by Gasteiger charge is 2.17. The number of aromatic nitrogens is 1. The zero-order chi connectivity index (χ0) is 15.7. The average Bonchev–Trinajstić information content (AvgIpc) is 2.85. The molecule has 110 valence electrons. The van der Waals surface area contributed by atoms with Gasteiger partial charge in [-0.3, -0.25) is 0 Å². The molecule has 0 atom stereocenters. The fourth-order valence-corrected chi connectivity index (χ4v) is 2.46. The van der Waals surface area contributed by atoms with Gasteiger partial charge in [-0.05, 0) is 42.5 Å². The van der Waals surface area contributed by atoms with Crippen LogP contribution in [-0.2, 0) is 0 Å². The second kappa shape index (κ2) is 5.90. The lowest BCUT2D eigenvalue weighted by Crippen LogP contribution is -1.95. The Hall–Kier alpha value is -2.18. The van der Waals surface area contributed by atoms with Gasteiger partial charge in [0, 0.05) is 20.4 Å². The first kappa shape index (κ1) is 14.7. The summed E-state index contributed by atoms with van der Waals surface area (Å²) in [5.74, 6) is -1.10. The van der Waals surface area contributed by atoms with Gasteiger partial charge in [0.05, 0.1) is 5.69 Å². The van der Waals surface area contributed by atoms with Crippen LogP contribution in [0, 0.1) is 0 Å². The number of rotatable bonds is 3. The number of nitrogens with zero attached hydrogens (tertiary/aromatic N) is 2. The van der Waals surface area contributed by atoms with Gasteiger partial charge in [-0.15, -0.1) is 5.11 Å². The van der Waals surface area contributed by atoms with Crippen LogP contribution in [0.4, 0.5) is 11.4 Å². The number of carboxylic acid groups (broad SMARTS) is 1. The highest BCUT2D eigenvalue weighted by atomic mass is 79.9. The van der Waals surface area contributed by atoms with Crippen molar-refractivity contribution in [1.29, 1.82) is 0 Å². The molecule has 22 heavy (non-hydrogen) atoms. The topological polar surface area (TPSA) is 77.8 Å².